The van der Waals surface area contributed by atoms with E-state index in [1.54, 1.807) is 21.6 Å². The molecule has 0 saturated carbocycles. The van der Waals surface area contributed by atoms with Crippen LogP contribution >= 0.6 is 0 Å². The van der Waals surface area contributed by atoms with Crippen LogP contribution in [-0.2, 0) is 13.5 Å². The van der Waals surface area contributed by atoms with Crippen LogP contribution in [-0.4, -0.2) is 30.6 Å². The number of nitrogens with one attached hydrogen (secondary N) is 1. The number of nitrogens with zero attached hydrogens (tertiary/aromatic N) is 5. The molecule has 0 aliphatic heterocycles. The van der Waals surface area contributed by atoms with Crippen molar-refractivity contribution in [2.45, 2.75) is 13.3 Å². The fraction of sp³-hybridized carbons (Fsp3) is 0.158. The lowest BCUT2D eigenvalue weighted by Crippen LogP contribution is -1.99. The van der Waals surface area contributed by atoms with Crippen molar-refractivity contribution >= 4 is 11.7 Å². The lowest BCUT2D eigenvalue weighted by Gasteiger charge is -2.12. The second-order valence-corrected chi connectivity index (χ2v) is 6.05. The average Bonchev–Trinajstić information content (AvgIpc) is 3.27. The smallest absolute Gasteiger partial charge is 0.246 e. The summed E-state index contributed by atoms with van der Waals surface area (Å²) in [6.45, 7) is 1.99. The fourth-order valence-corrected chi connectivity index (χ4v) is 2.87. The molecular formula is C19H18N6O. The Labute approximate surface area is 150 Å². The first-order valence-electron chi connectivity index (χ1n) is 8.24. The minimum atomic E-state index is 0.485. The van der Waals surface area contributed by atoms with Crippen LogP contribution in [0.3, 0.4) is 0 Å². The predicted molar refractivity (Wildman–Crippen MR) is 98.9 cm³/mol. The number of aryl methyl sites for hydroxylation is 1. The molecule has 4 aromatic rings. The molecule has 0 radical (unpaired) electrons. The van der Waals surface area contributed by atoms with Crippen molar-refractivity contribution in [3.8, 4) is 22.9 Å². The molecule has 0 aliphatic rings. The zero-order valence-electron chi connectivity index (χ0n) is 14.5. The Morgan fingerprint density at radius 3 is 2.85 bits per heavy atom. The Morgan fingerprint density at radius 2 is 2.08 bits per heavy atom. The second kappa shape index (κ2) is 6.44. The zero-order valence-corrected chi connectivity index (χ0v) is 14.5. The molecule has 0 amide bonds. The number of rotatable bonds is 5. The number of hydrogen-bond acceptors (Lipinski definition) is 5. The van der Waals surface area contributed by atoms with Crippen molar-refractivity contribution in [1.29, 1.82) is 5.41 Å². The van der Waals surface area contributed by atoms with E-state index in [9.17, 15) is 0 Å². The molecule has 1 aromatic carbocycles. The maximum absolute atomic E-state index is 7.34. The van der Waals surface area contributed by atoms with Crippen LogP contribution in [0, 0.1) is 12.3 Å². The topological polar surface area (TPSA) is 81.1 Å². The minimum absolute atomic E-state index is 0.485. The highest BCUT2D eigenvalue weighted by Crippen LogP contribution is 2.30. The molecule has 0 aliphatic carbocycles. The summed E-state index contributed by atoms with van der Waals surface area (Å²) in [5, 5.41) is 15.9. The van der Waals surface area contributed by atoms with Gasteiger partial charge < -0.3 is 10.1 Å². The molecule has 0 spiro atoms. The van der Waals surface area contributed by atoms with Crippen molar-refractivity contribution in [1.82, 2.24) is 24.4 Å². The highest BCUT2D eigenvalue weighted by molar-refractivity contribution is 5.65. The van der Waals surface area contributed by atoms with Gasteiger partial charge in [-0.1, -0.05) is 12.1 Å². The van der Waals surface area contributed by atoms with E-state index in [2.05, 4.69) is 15.2 Å². The predicted octanol–water partition coefficient (Wildman–Crippen LogP) is 3.42. The van der Waals surface area contributed by atoms with Gasteiger partial charge in [-0.3, -0.25) is 4.68 Å². The molecule has 4 rings (SSSR count). The molecule has 130 valence electrons. The summed E-state index contributed by atoms with van der Waals surface area (Å²) in [6, 6.07) is 7.71. The van der Waals surface area contributed by atoms with Crippen molar-refractivity contribution in [3.05, 3.63) is 60.2 Å². The number of hydrogen-bond donors (Lipinski definition) is 1. The van der Waals surface area contributed by atoms with Crippen molar-refractivity contribution in [2.24, 2.45) is 7.05 Å². The number of aromatic nitrogens is 5. The van der Waals surface area contributed by atoms with Crippen LogP contribution in [0.1, 0.15) is 11.1 Å². The van der Waals surface area contributed by atoms with Gasteiger partial charge >= 0.3 is 0 Å². The van der Waals surface area contributed by atoms with E-state index in [0.717, 1.165) is 33.7 Å². The van der Waals surface area contributed by atoms with E-state index >= 15 is 0 Å². The van der Waals surface area contributed by atoms with Crippen LogP contribution in [0.25, 0.3) is 16.8 Å². The third-order valence-corrected chi connectivity index (χ3v) is 4.28. The minimum Gasteiger partial charge on any atom is -0.437 e. The van der Waals surface area contributed by atoms with Gasteiger partial charge in [0.1, 0.15) is 11.3 Å². The van der Waals surface area contributed by atoms with E-state index in [-0.39, 0.29) is 0 Å². The van der Waals surface area contributed by atoms with Crippen LogP contribution < -0.4 is 4.74 Å². The second-order valence-electron chi connectivity index (χ2n) is 6.05. The monoisotopic (exact) mass is 346 g/mol. The lowest BCUT2D eigenvalue weighted by molar-refractivity contribution is 0.462. The van der Waals surface area contributed by atoms with E-state index in [1.165, 1.54) is 6.21 Å². The molecule has 1 N–H and O–H groups in total. The third-order valence-electron chi connectivity index (χ3n) is 4.28. The quantitative estimate of drug-likeness (QED) is 0.561. The first-order valence-corrected chi connectivity index (χ1v) is 8.24. The van der Waals surface area contributed by atoms with E-state index < -0.39 is 0 Å². The normalized spacial score (nSPS) is 11.0. The molecule has 0 fully saturated rings. The number of benzene rings is 1. The largest absolute Gasteiger partial charge is 0.437 e. The maximum Gasteiger partial charge on any atom is 0.246 e. The van der Waals surface area contributed by atoms with Crippen LogP contribution in [0.2, 0.25) is 0 Å². The Bertz CT molecular complexity index is 1090. The molecule has 3 aromatic heterocycles. The summed E-state index contributed by atoms with van der Waals surface area (Å²) in [4.78, 5) is 4.69. The first-order chi connectivity index (χ1) is 12.7. The molecule has 26 heavy (non-hydrogen) atoms. The summed E-state index contributed by atoms with van der Waals surface area (Å²) in [6.07, 6.45) is 9.21. The van der Waals surface area contributed by atoms with Crippen LogP contribution in [0.15, 0.2) is 49.1 Å². The van der Waals surface area contributed by atoms with Crippen molar-refractivity contribution in [2.75, 3.05) is 0 Å². The Balaban J connectivity index is 1.80. The standard InChI is InChI=1S/C19H18N6O/c1-13-14(6-8-20)4-3-5-18(13)26-19-17-7-9-21-25(17)12-16(23-19)15-10-22-24(2)11-15/h3-5,7-12,20H,6H2,1-2H3. The lowest BCUT2D eigenvalue weighted by atomic mass is 10.1. The van der Waals surface area contributed by atoms with E-state index in [0.29, 0.717) is 12.3 Å². The van der Waals surface area contributed by atoms with Crippen molar-refractivity contribution in [3.63, 3.8) is 0 Å². The number of fused-ring (bicyclic) bond motifs is 1. The Kier molecular flexibility index (Phi) is 3.96. The number of ether oxygens (including phenoxy) is 1. The van der Waals surface area contributed by atoms with E-state index in [1.807, 2.05) is 50.6 Å². The Morgan fingerprint density at radius 1 is 1.19 bits per heavy atom. The third kappa shape index (κ3) is 2.83. The SMILES string of the molecule is Cc1c(CC=N)cccc1Oc1nc(-c2cnn(C)c2)cn2nccc12. The summed E-state index contributed by atoms with van der Waals surface area (Å²) in [5.41, 5.74) is 4.48. The van der Waals surface area contributed by atoms with Gasteiger partial charge in [-0.25, -0.2) is 9.50 Å². The molecule has 0 saturated heterocycles. The average molecular weight is 346 g/mol. The molecule has 0 atom stereocenters. The first kappa shape index (κ1) is 16.0. The maximum atomic E-state index is 7.34. The van der Waals surface area contributed by atoms with Gasteiger partial charge in [-0.2, -0.15) is 10.2 Å². The Hall–Kier alpha value is -3.48. The van der Waals surface area contributed by atoms with E-state index in [4.69, 9.17) is 10.1 Å². The molecular weight excluding hydrogens is 328 g/mol. The van der Waals surface area contributed by atoms with Gasteiger partial charge in [-0.15, -0.1) is 0 Å². The van der Waals surface area contributed by atoms with Gasteiger partial charge in [0.25, 0.3) is 0 Å². The van der Waals surface area contributed by atoms with Crippen LogP contribution in [0.5, 0.6) is 11.6 Å². The summed E-state index contributed by atoms with van der Waals surface area (Å²) in [5.74, 6) is 1.21. The molecule has 3 heterocycles. The van der Waals surface area contributed by atoms with Gasteiger partial charge in [0.15, 0.2) is 0 Å². The molecule has 0 bridgehead atoms. The van der Waals surface area contributed by atoms with Gasteiger partial charge in [-0.05, 0) is 36.4 Å². The fourth-order valence-electron chi connectivity index (χ4n) is 2.87. The summed E-state index contributed by atoms with van der Waals surface area (Å²) in [7, 11) is 1.87. The molecule has 7 heteroatoms. The zero-order chi connectivity index (χ0) is 18.1. The van der Waals surface area contributed by atoms with Gasteiger partial charge in [0, 0.05) is 25.2 Å². The molecule has 0 unspecified atom stereocenters. The van der Waals surface area contributed by atoms with Crippen LogP contribution in [0.4, 0.5) is 0 Å². The molecule has 7 nitrogen and oxygen atoms in total. The summed E-state index contributed by atoms with van der Waals surface area (Å²) < 4.78 is 9.65. The highest BCUT2D eigenvalue weighted by Gasteiger charge is 2.13. The summed E-state index contributed by atoms with van der Waals surface area (Å²) >= 11 is 0. The van der Waals surface area contributed by atoms with Gasteiger partial charge in [0.05, 0.1) is 24.3 Å². The highest BCUT2D eigenvalue weighted by atomic mass is 16.5. The van der Waals surface area contributed by atoms with Crippen molar-refractivity contribution < 1.29 is 4.74 Å². The van der Waals surface area contributed by atoms with Gasteiger partial charge in [0.2, 0.25) is 5.88 Å².